The predicted octanol–water partition coefficient (Wildman–Crippen LogP) is 6.52. The van der Waals surface area contributed by atoms with Crippen LogP contribution in [0.15, 0.2) is 54.6 Å². The predicted molar refractivity (Wildman–Crippen MR) is 161 cm³/mol. The number of esters is 2. The first kappa shape index (κ1) is 33.8. The number of aryl methyl sites for hydroxylation is 1. The topological polar surface area (TPSA) is 89.5 Å². The van der Waals surface area contributed by atoms with Gasteiger partial charge in [0.1, 0.15) is 24.7 Å². The van der Waals surface area contributed by atoms with E-state index < -0.39 is 24.1 Å². The summed E-state index contributed by atoms with van der Waals surface area (Å²) in [5.41, 5.74) is 1.47. The molecular formula is C33H46O8. The molecule has 8 nitrogen and oxygen atoms in total. The molecule has 2 rings (SSSR count). The monoisotopic (exact) mass is 570 g/mol. The average molecular weight is 571 g/mol. The summed E-state index contributed by atoms with van der Waals surface area (Å²) in [7, 11) is 0. The van der Waals surface area contributed by atoms with Gasteiger partial charge in [-0.25, -0.2) is 9.59 Å². The Morgan fingerprint density at radius 3 is 1.73 bits per heavy atom. The quantitative estimate of drug-likeness (QED) is 0.101. The SMILES string of the molecule is C=C(C)C(=O)OC(COCCCC)COc1cc(C)c(OCC(COCCCC)OC(=O)C(=C)C)c2ccccc12. The van der Waals surface area contributed by atoms with E-state index in [-0.39, 0.29) is 26.4 Å². The fourth-order valence-electron chi connectivity index (χ4n) is 3.78. The van der Waals surface area contributed by atoms with E-state index >= 15 is 0 Å². The molecule has 2 aromatic carbocycles. The lowest BCUT2D eigenvalue weighted by atomic mass is 10.0. The Bertz CT molecular complexity index is 1160. The molecule has 0 heterocycles. The normalized spacial score (nSPS) is 12.4. The van der Waals surface area contributed by atoms with E-state index in [1.54, 1.807) is 13.8 Å². The second kappa shape index (κ2) is 18.1. The summed E-state index contributed by atoms with van der Waals surface area (Å²) in [6.45, 7) is 18.5. The van der Waals surface area contributed by atoms with Crippen LogP contribution in [0.25, 0.3) is 10.8 Å². The van der Waals surface area contributed by atoms with Crippen molar-refractivity contribution in [2.75, 3.05) is 39.6 Å². The third kappa shape index (κ3) is 11.6. The van der Waals surface area contributed by atoms with Crippen LogP contribution < -0.4 is 9.47 Å². The van der Waals surface area contributed by atoms with E-state index in [1.165, 1.54) is 0 Å². The van der Waals surface area contributed by atoms with Crippen LogP contribution in [0.4, 0.5) is 0 Å². The molecule has 0 bridgehead atoms. The van der Waals surface area contributed by atoms with Gasteiger partial charge in [0.2, 0.25) is 0 Å². The van der Waals surface area contributed by atoms with Gasteiger partial charge in [-0.2, -0.15) is 0 Å². The van der Waals surface area contributed by atoms with Crippen LogP contribution in [0.3, 0.4) is 0 Å². The Morgan fingerprint density at radius 1 is 0.756 bits per heavy atom. The van der Waals surface area contributed by atoms with Crippen LogP contribution in [-0.4, -0.2) is 63.8 Å². The molecule has 226 valence electrons. The Balaban J connectivity index is 2.21. The minimum absolute atomic E-state index is 0.114. The minimum atomic E-state index is -0.596. The van der Waals surface area contributed by atoms with E-state index in [2.05, 4.69) is 27.0 Å². The number of benzene rings is 2. The summed E-state index contributed by atoms with van der Waals surface area (Å²) in [5.74, 6) is 0.321. The van der Waals surface area contributed by atoms with Crippen LogP contribution in [0.2, 0.25) is 0 Å². The van der Waals surface area contributed by atoms with Crippen molar-refractivity contribution >= 4 is 22.7 Å². The Morgan fingerprint density at radius 2 is 1.24 bits per heavy atom. The van der Waals surface area contributed by atoms with Crippen molar-refractivity contribution in [1.29, 1.82) is 0 Å². The molecule has 2 atom stereocenters. The molecule has 0 amide bonds. The maximum Gasteiger partial charge on any atom is 0.333 e. The van der Waals surface area contributed by atoms with E-state index in [0.29, 0.717) is 35.9 Å². The number of carbonyl (C=O) groups excluding carboxylic acids is 2. The van der Waals surface area contributed by atoms with Crippen molar-refractivity contribution < 1.29 is 38.0 Å². The molecular weight excluding hydrogens is 524 g/mol. The summed E-state index contributed by atoms with van der Waals surface area (Å²) >= 11 is 0. The summed E-state index contributed by atoms with van der Waals surface area (Å²) in [6, 6.07) is 9.61. The summed E-state index contributed by atoms with van der Waals surface area (Å²) in [6.07, 6.45) is 2.67. The first-order valence-electron chi connectivity index (χ1n) is 14.3. The second-order valence-corrected chi connectivity index (χ2v) is 10.2. The van der Waals surface area contributed by atoms with Crippen molar-refractivity contribution in [2.24, 2.45) is 0 Å². The van der Waals surface area contributed by atoms with E-state index in [1.807, 2.05) is 37.3 Å². The lowest BCUT2D eigenvalue weighted by Crippen LogP contribution is -2.30. The molecule has 0 aliphatic rings. The number of hydrogen-bond donors (Lipinski definition) is 0. The number of unbranched alkanes of at least 4 members (excludes halogenated alkanes) is 2. The molecule has 0 aliphatic heterocycles. The zero-order valence-electron chi connectivity index (χ0n) is 25.3. The van der Waals surface area contributed by atoms with Gasteiger partial charge < -0.3 is 28.4 Å². The molecule has 0 spiro atoms. The van der Waals surface area contributed by atoms with Crippen molar-refractivity contribution in [3.05, 3.63) is 60.2 Å². The van der Waals surface area contributed by atoms with E-state index in [9.17, 15) is 9.59 Å². The largest absolute Gasteiger partial charge is 0.489 e. The molecule has 0 N–H and O–H groups in total. The highest BCUT2D eigenvalue weighted by Gasteiger charge is 2.21. The first-order valence-corrected chi connectivity index (χ1v) is 14.3. The van der Waals surface area contributed by atoms with E-state index in [0.717, 1.165) is 42.0 Å². The molecule has 0 saturated heterocycles. The van der Waals surface area contributed by atoms with Gasteiger partial charge in [-0.1, -0.05) is 64.1 Å². The fourth-order valence-corrected chi connectivity index (χ4v) is 3.78. The average Bonchev–Trinajstić information content (AvgIpc) is 2.95. The molecule has 41 heavy (non-hydrogen) atoms. The molecule has 2 unspecified atom stereocenters. The zero-order valence-corrected chi connectivity index (χ0v) is 25.3. The van der Waals surface area contributed by atoms with Crippen molar-refractivity contribution in [3.63, 3.8) is 0 Å². The highest BCUT2D eigenvalue weighted by atomic mass is 16.6. The van der Waals surface area contributed by atoms with Crippen LogP contribution in [-0.2, 0) is 28.5 Å². The number of fused-ring (bicyclic) bond motifs is 1. The van der Waals surface area contributed by atoms with E-state index in [4.69, 9.17) is 28.4 Å². The lowest BCUT2D eigenvalue weighted by Gasteiger charge is -2.22. The Labute approximate surface area is 244 Å². The van der Waals surface area contributed by atoms with Gasteiger partial charge in [-0.15, -0.1) is 0 Å². The number of carbonyl (C=O) groups is 2. The number of rotatable bonds is 20. The molecule has 0 aromatic heterocycles. The van der Waals surface area contributed by atoms with Crippen LogP contribution in [0.1, 0.15) is 58.9 Å². The first-order chi connectivity index (χ1) is 19.7. The van der Waals surface area contributed by atoms with Crippen LogP contribution in [0.5, 0.6) is 11.5 Å². The van der Waals surface area contributed by atoms with Crippen LogP contribution >= 0.6 is 0 Å². The third-order valence-electron chi connectivity index (χ3n) is 6.12. The molecule has 8 heteroatoms. The number of hydrogen-bond acceptors (Lipinski definition) is 8. The highest BCUT2D eigenvalue weighted by Crippen LogP contribution is 2.36. The fraction of sp³-hybridized carbons (Fsp3) is 0.515. The van der Waals surface area contributed by atoms with Crippen molar-refractivity contribution in [3.8, 4) is 11.5 Å². The van der Waals surface area contributed by atoms with Gasteiger partial charge in [0.15, 0.2) is 12.2 Å². The summed E-state index contributed by atoms with van der Waals surface area (Å²) in [4.78, 5) is 24.4. The Hall–Kier alpha value is -3.36. The highest BCUT2D eigenvalue weighted by molar-refractivity contribution is 5.94. The maximum absolute atomic E-state index is 12.2. The van der Waals surface area contributed by atoms with Gasteiger partial charge in [-0.3, -0.25) is 0 Å². The van der Waals surface area contributed by atoms with Crippen molar-refractivity contribution in [1.82, 2.24) is 0 Å². The van der Waals surface area contributed by atoms with Gasteiger partial charge in [0.25, 0.3) is 0 Å². The lowest BCUT2D eigenvalue weighted by molar-refractivity contribution is -0.150. The van der Waals surface area contributed by atoms with Crippen LogP contribution in [0, 0.1) is 6.92 Å². The van der Waals surface area contributed by atoms with Gasteiger partial charge in [-0.05, 0) is 45.2 Å². The molecule has 0 fully saturated rings. The smallest absolute Gasteiger partial charge is 0.333 e. The second-order valence-electron chi connectivity index (χ2n) is 10.2. The molecule has 0 saturated carbocycles. The number of ether oxygens (including phenoxy) is 6. The summed E-state index contributed by atoms with van der Waals surface area (Å²) < 4.78 is 35.0. The third-order valence-corrected chi connectivity index (χ3v) is 6.12. The molecule has 0 aliphatic carbocycles. The van der Waals surface area contributed by atoms with Crippen molar-refractivity contribution in [2.45, 2.75) is 72.5 Å². The zero-order chi connectivity index (χ0) is 30.2. The summed E-state index contributed by atoms with van der Waals surface area (Å²) in [5, 5.41) is 1.67. The maximum atomic E-state index is 12.2. The van der Waals surface area contributed by atoms with Gasteiger partial charge >= 0.3 is 11.9 Å². The van der Waals surface area contributed by atoms with Gasteiger partial charge in [0.05, 0.1) is 13.2 Å². The molecule has 2 aromatic rings. The standard InChI is InChI=1S/C33H46O8/c1-8-10-16-36-19-26(40-32(34)23(3)4)21-38-30-18-25(7)31(29-15-13-12-14-28(29)30)39-22-27(20-37-17-11-9-2)41-33(35)24(5)6/h12-15,18,26-27H,3,5,8-11,16-17,19-22H2,1-2,4,6-7H3. The Kier molecular flexibility index (Phi) is 15.0. The molecule has 0 radical (unpaired) electrons. The van der Waals surface area contributed by atoms with Gasteiger partial charge in [0, 0.05) is 35.1 Å². The minimum Gasteiger partial charge on any atom is -0.489 e.